The van der Waals surface area contributed by atoms with E-state index in [1.54, 1.807) is 12.4 Å². The molecule has 3 heteroatoms. The maximum absolute atomic E-state index is 6.04. The Labute approximate surface area is 132 Å². The standard InChI is InChI=1S/C19H24N2O/c1-16-5-7-17(8-6-16)12-19(9-3-11-21-14-19)15-22-18-4-2-10-20-13-18/h2,4-8,10,13,21H,3,9,11-12,14-15H2,1H3. The largest absolute Gasteiger partial charge is 0.491 e. The first-order chi connectivity index (χ1) is 10.8. The Balaban J connectivity index is 1.71. The van der Waals surface area contributed by atoms with Crippen LogP contribution in [0, 0.1) is 12.3 Å². The smallest absolute Gasteiger partial charge is 0.137 e. The van der Waals surface area contributed by atoms with Crippen LogP contribution >= 0.6 is 0 Å². The summed E-state index contributed by atoms with van der Waals surface area (Å²) in [5.74, 6) is 0.858. The fourth-order valence-electron chi connectivity index (χ4n) is 3.16. The third-order valence-electron chi connectivity index (χ3n) is 4.44. The SMILES string of the molecule is Cc1ccc(CC2(COc3cccnc3)CCCNC2)cc1. The Kier molecular flexibility index (Phi) is 4.74. The lowest BCUT2D eigenvalue weighted by molar-refractivity contribution is 0.110. The van der Waals surface area contributed by atoms with E-state index in [-0.39, 0.29) is 5.41 Å². The third-order valence-corrected chi connectivity index (χ3v) is 4.44. The minimum Gasteiger partial charge on any atom is -0.491 e. The summed E-state index contributed by atoms with van der Waals surface area (Å²) in [5, 5.41) is 3.55. The summed E-state index contributed by atoms with van der Waals surface area (Å²) in [6, 6.07) is 12.8. The zero-order valence-electron chi connectivity index (χ0n) is 13.2. The van der Waals surface area contributed by atoms with Crippen LogP contribution in [0.15, 0.2) is 48.8 Å². The van der Waals surface area contributed by atoms with Gasteiger partial charge in [-0.15, -0.1) is 0 Å². The summed E-state index contributed by atoms with van der Waals surface area (Å²) in [7, 11) is 0. The van der Waals surface area contributed by atoms with E-state index >= 15 is 0 Å². The lowest BCUT2D eigenvalue weighted by atomic mass is 9.76. The molecule has 0 radical (unpaired) electrons. The second kappa shape index (κ2) is 6.93. The van der Waals surface area contributed by atoms with E-state index in [0.29, 0.717) is 0 Å². The number of nitrogens with zero attached hydrogens (tertiary/aromatic N) is 1. The Hall–Kier alpha value is -1.87. The summed E-state index contributed by atoms with van der Waals surface area (Å²) >= 11 is 0. The predicted octanol–water partition coefficient (Wildman–Crippen LogP) is 3.38. The molecule has 1 aromatic carbocycles. The normalized spacial score (nSPS) is 21.5. The molecule has 1 saturated heterocycles. The van der Waals surface area contributed by atoms with Gasteiger partial charge in [-0.25, -0.2) is 0 Å². The summed E-state index contributed by atoms with van der Waals surface area (Å²) in [4.78, 5) is 4.12. The van der Waals surface area contributed by atoms with Gasteiger partial charge >= 0.3 is 0 Å². The first-order valence-electron chi connectivity index (χ1n) is 8.05. The van der Waals surface area contributed by atoms with Crippen molar-refractivity contribution in [3.63, 3.8) is 0 Å². The molecule has 2 aromatic rings. The van der Waals surface area contributed by atoms with E-state index in [9.17, 15) is 0 Å². The zero-order chi connectivity index (χ0) is 15.3. The van der Waals surface area contributed by atoms with E-state index in [1.165, 1.54) is 24.0 Å². The number of pyridine rings is 1. The molecule has 0 spiro atoms. The van der Waals surface area contributed by atoms with Gasteiger partial charge in [0.15, 0.2) is 0 Å². The van der Waals surface area contributed by atoms with Crippen molar-refractivity contribution in [3.05, 3.63) is 59.9 Å². The minimum absolute atomic E-state index is 0.170. The average molecular weight is 296 g/mol. The van der Waals surface area contributed by atoms with Crippen LogP contribution in [0.1, 0.15) is 24.0 Å². The Bertz CT molecular complexity index is 574. The topological polar surface area (TPSA) is 34.1 Å². The van der Waals surface area contributed by atoms with Gasteiger partial charge in [0.05, 0.1) is 12.8 Å². The lowest BCUT2D eigenvalue weighted by Crippen LogP contribution is -2.45. The highest BCUT2D eigenvalue weighted by Crippen LogP contribution is 2.31. The van der Waals surface area contributed by atoms with Gasteiger partial charge in [0.1, 0.15) is 5.75 Å². The van der Waals surface area contributed by atoms with E-state index in [2.05, 4.69) is 41.5 Å². The maximum atomic E-state index is 6.04. The second-order valence-corrected chi connectivity index (χ2v) is 6.42. The van der Waals surface area contributed by atoms with Crippen molar-refractivity contribution >= 4 is 0 Å². The highest BCUT2D eigenvalue weighted by molar-refractivity contribution is 5.23. The molecule has 1 aromatic heterocycles. The number of nitrogens with one attached hydrogen (secondary N) is 1. The first kappa shape index (κ1) is 15.0. The number of aromatic nitrogens is 1. The molecule has 0 bridgehead atoms. The van der Waals surface area contributed by atoms with Gasteiger partial charge < -0.3 is 10.1 Å². The Morgan fingerprint density at radius 2 is 2.09 bits per heavy atom. The van der Waals surface area contributed by atoms with Crippen LogP contribution in [-0.4, -0.2) is 24.7 Å². The molecule has 0 amide bonds. The van der Waals surface area contributed by atoms with Crippen molar-refractivity contribution in [1.82, 2.24) is 10.3 Å². The molecule has 116 valence electrons. The zero-order valence-corrected chi connectivity index (χ0v) is 13.2. The van der Waals surface area contributed by atoms with Crippen molar-refractivity contribution in [1.29, 1.82) is 0 Å². The summed E-state index contributed by atoms with van der Waals surface area (Å²) in [6.45, 7) is 5.00. The molecular weight excluding hydrogens is 272 g/mol. The molecule has 22 heavy (non-hydrogen) atoms. The van der Waals surface area contributed by atoms with Crippen LogP contribution in [0.5, 0.6) is 5.75 Å². The van der Waals surface area contributed by atoms with Crippen molar-refractivity contribution in [2.24, 2.45) is 5.41 Å². The van der Waals surface area contributed by atoms with Gasteiger partial charge in [-0.2, -0.15) is 0 Å². The number of benzene rings is 1. The first-order valence-corrected chi connectivity index (χ1v) is 8.05. The van der Waals surface area contributed by atoms with Crippen molar-refractivity contribution in [2.75, 3.05) is 19.7 Å². The predicted molar refractivity (Wildman–Crippen MR) is 89.2 cm³/mol. The van der Waals surface area contributed by atoms with Crippen LogP contribution in [-0.2, 0) is 6.42 Å². The van der Waals surface area contributed by atoms with Gasteiger partial charge in [-0.1, -0.05) is 29.8 Å². The highest BCUT2D eigenvalue weighted by Gasteiger charge is 2.33. The van der Waals surface area contributed by atoms with Crippen LogP contribution in [0.3, 0.4) is 0 Å². The van der Waals surface area contributed by atoms with Gasteiger partial charge in [0, 0.05) is 18.2 Å². The number of rotatable bonds is 5. The molecule has 1 unspecified atom stereocenters. The molecule has 1 fully saturated rings. The molecule has 3 nitrogen and oxygen atoms in total. The summed E-state index contributed by atoms with van der Waals surface area (Å²) < 4.78 is 6.04. The van der Waals surface area contributed by atoms with Crippen LogP contribution < -0.4 is 10.1 Å². The molecular formula is C19H24N2O. The number of hydrogen-bond acceptors (Lipinski definition) is 3. The molecule has 3 rings (SSSR count). The van der Waals surface area contributed by atoms with Gasteiger partial charge in [-0.05, 0) is 50.4 Å². The van der Waals surface area contributed by atoms with Gasteiger partial charge in [0.2, 0.25) is 0 Å². The quantitative estimate of drug-likeness (QED) is 0.918. The maximum Gasteiger partial charge on any atom is 0.137 e. The Morgan fingerprint density at radius 1 is 1.23 bits per heavy atom. The molecule has 2 heterocycles. The fraction of sp³-hybridized carbons (Fsp3) is 0.421. The van der Waals surface area contributed by atoms with E-state index < -0.39 is 0 Å². The molecule has 0 saturated carbocycles. The lowest BCUT2D eigenvalue weighted by Gasteiger charge is -2.37. The molecule has 1 aliphatic heterocycles. The number of hydrogen-bond donors (Lipinski definition) is 1. The van der Waals surface area contributed by atoms with Crippen LogP contribution in [0.25, 0.3) is 0 Å². The van der Waals surface area contributed by atoms with Gasteiger partial charge in [0.25, 0.3) is 0 Å². The van der Waals surface area contributed by atoms with Crippen LogP contribution in [0.2, 0.25) is 0 Å². The van der Waals surface area contributed by atoms with E-state index in [4.69, 9.17) is 4.74 Å². The fourth-order valence-corrected chi connectivity index (χ4v) is 3.16. The van der Waals surface area contributed by atoms with E-state index in [0.717, 1.165) is 31.9 Å². The molecule has 1 N–H and O–H groups in total. The van der Waals surface area contributed by atoms with Crippen molar-refractivity contribution < 1.29 is 4.74 Å². The minimum atomic E-state index is 0.170. The highest BCUT2D eigenvalue weighted by atomic mass is 16.5. The third kappa shape index (κ3) is 3.86. The molecule has 1 aliphatic rings. The monoisotopic (exact) mass is 296 g/mol. The van der Waals surface area contributed by atoms with E-state index in [1.807, 2.05) is 12.1 Å². The van der Waals surface area contributed by atoms with Gasteiger partial charge in [-0.3, -0.25) is 4.98 Å². The average Bonchev–Trinajstić information content (AvgIpc) is 2.57. The summed E-state index contributed by atoms with van der Waals surface area (Å²) in [5.41, 5.74) is 2.87. The molecule has 1 atom stereocenters. The van der Waals surface area contributed by atoms with Crippen LogP contribution in [0.4, 0.5) is 0 Å². The second-order valence-electron chi connectivity index (χ2n) is 6.42. The molecule has 0 aliphatic carbocycles. The number of piperidine rings is 1. The van der Waals surface area contributed by atoms with Crippen molar-refractivity contribution in [2.45, 2.75) is 26.2 Å². The summed E-state index contributed by atoms with van der Waals surface area (Å²) in [6.07, 6.45) is 7.03. The number of ether oxygens (including phenoxy) is 1. The van der Waals surface area contributed by atoms with Crippen molar-refractivity contribution in [3.8, 4) is 5.75 Å². The Morgan fingerprint density at radius 3 is 2.77 bits per heavy atom. The number of aryl methyl sites for hydroxylation is 1.